The Morgan fingerprint density at radius 3 is 2.43 bits per heavy atom. The monoisotopic (exact) mass is 360 g/mol. The molecule has 0 aliphatic heterocycles. The van der Waals surface area contributed by atoms with Crippen molar-refractivity contribution in [3.63, 3.8) is 0 Å². The summed E-state index contributed by atoms with van der Waals surface area (Å²) in [7, 11) is 2.07. The third-order valence-corrected chi connectivity index (χ3v) is 3.80. The molecule has 1 rings (SSSR count). The fourth-order valence-electron chi connectivity index (χ4n) is 1.92. The molecule has 0 fully saturated rings. The lowest BCUT2D eigenvalue weighted by Gasteiger charge is -2.17. The molecule has 23 heavy (non-hydrogen) atoms. The van der Waals surface area contributed by atoms with Crippen LogP contribution in [0.15, 0.2) is 23.2 Å². The molecule has 1 unspecified atom stereocenters. The summed E-state index contributed by atoms with van der Waals surface area (Å²) in [6.45, 7) is 7.82. The number of nitrogens with one attached hydrogen (secondary N) is 2. The maximum atomic E-state index is 10.3. The molecule has 0 aromatic heterocycles. The first-order chi connectivity index (χ1) is 11.0. The Bertz CT molecular complexity index is 491. The molecule has 1 atom stereocenters. The van der Waals surface area contributed by atoms with E-state index in [9.17, 15) is 5.11 Å². The van der Waals surface area contributed by atoms with Crippen LogP contribution in [-0.2, 0) is 0 Å². The summed E-state index contributed by atoms with van der Waals surface area (Å²) in [6, 6.07) is 5.03. The summed E-state index contributed by atoms with van der Waals surface area (Å²) >= 11 is 11.9. The molecular weight excluding hydrogens is 335 g/mol. The molecule has 130 valence electrons. The largest absolute Gasteiger partial charge is 0.386 e. The summed E-state index contributed by atoms with van der Waals surface area (Å²) < 4.78 is 0. The third-order valence-electron chi connectivity index (χ3n) is 3.36. The lowest BCUT2D eigenvalue weighted by molar-refractivity contribution is 0.187. The van der Waals surface area contributed by atoms with Gasteiger partial charge < -0.3 is 20.6 Å². The Morgan fingerprint density at radius 1 is 1.22 bits per heavy atom. The van der Waals surface area contributed by atoms with E-state index in [2.05, 4.69) is 34.5 Å². The summed E-state index contributed by atoms with van der Waals surface area (Å²) in [6.07, 6.45) is -0.750. The Kier molecular flexibility index (Phi) is 9.33. The molecule has 0 spiro atoms. The van der Waals surface area contributed by atoms with Crippen LogP contribution in [-0.4, -0.2) is 55.7 Å². The van der Waals surface area contributed by atoms with Crippen LogP contribution in [0.4, 0.5) is 0 Å². The number of halogens is 2. The van der Waals surface area contributed by atoms with Crippen molar-refractivity contribution in [3.05, 3.63) is 33.8 Å². The van der Waals surface area contributed by atoms with E-state index in [4.69, 9.17) is 23.2 Å². The van der Waals surface area contributed by atoms with Crippen molar-refractivity contribution in [1.82, 2.24) is 15.5 Å². The molecule has 0 saturated carbocycles. The number of hydrogen-bond acceptors (Lipinski definition) is 3. The van der Waals surface area contributed by atoms with Gasteiger partial charge in [-0.3, -0.25) is 4.99 Å². The molecule has 5 nitrogen and oxygen atoms in total. The Morgan fingerprint density at radius 2 is 1.87 bits per heavy atom. The average molecular weight is 361 g/mol. The first-order valence-corrected chi connectivity index (χ1v) is 8.56. The maximum Gasteiger partial charge on any atom is 0.191 e. The van der Waals surface area contributed by atoms with Gasteiger partial charge in [-0.25, -0.2) is 0 Å². The van der Waals surface area contributed by atoms with Crippen LogP contribution < -0.4 is 10.6 Å². The summed E-state index contributed by atoms with van der Waals surface area (Å²) in [4.78, 5) is 6.62. The van der Waals surface area contributed by atoms with E-state index < -0.39 is 6.10 Å². The fraction of sp³-hybridized carbons (Fsp3) is 0.562. The lowest BCUT2D eigenvalue weighted by Crippen LogP contribution is -2.41. The van der Waals surface area contributed by atoms with Gasteiger partial charge in [0.15, 0.2) is 5.96 Å². The second kappa shape index (κ2) is 10.7. The van der Waals surface area contributed by atoms with Crippen molar-refractivity contribution in [3.8, 4) is 0 Å². The van der Waals surface area contributed by atoms with E-state index in [1.54, 1.807) is 18.2 Å². The Balaban J connectivity index is 2.61. The van der Waals surface area contributed by atoms with Crippen molar-refractivity contribution >= 4 is 29.2 Å². The van der Waals surface area contributed by atoms with E-state index in [0.717, 1.165) is 26.2 Å². The molecule has 0 heterocycles. The number of rotatable bonds is 8. The molecule has 0 saturated heterocycles. The predicted molar refractivity (Wildman–Crippen MR) is 98.6 cm³/mol. The number of benzene rings is 1. The Hall–Kier alpha value is -1.01. The SMILES string of the molecule is CCNC(=NCC(O)c1cc(Cl)cc(Cl)c1)NCCN(C)CC. The predicted octanol–water partition coefficient (Wildman–Crippen LogP) is 2.53. The van der Waals surface area contributed by atoms with Gasteiger partial charge in [-0.2, -0.15) is 0 Å². The molecule has 0 aliphatic rings. The van der Waals surface area contributed by atoms with Crippen LogP contribution in [0, 0.1) is 0 Å². The van der Waals surface area contributed by atoms with Crippen LogP contribution >= 0.6 is 23.2 Å². The molecular formula is C16H26Cl2N4O. The Labute approximate surface area is 148 Å². The highest BCUT2D eigenvalue weighted by atomic mass is 35.5. The van der Waals surface area contributed by atoms with Crippen LogP contribution in [0.3, 0.4) is 0 Å². The van der Waals surface area contributed by atoms with Gasteiger partial charge in [0.25, 0.3) is 0 Å². The molecule has 1 aromatic rings. The quantitative estimate of drug-likeness (QED) is 0.492. The third kappa shape index (κ3) is 7.88. The van der Waals surface area contributed by atoms with Gasteiger partial charge in [-0.05, 0) is 44.3 Å². The number of guanidine groups is 1. The van der Waals surface area contributed by atoms with Crippen molar-refractivity contribution in [2.75, 3.05) is 39.8 Å². The first-order valence-electron chi connectivity index (χ1n) is 7.81. The first kappa shape index (κ1) is 20.0. The van der Waals surface area contributed by atoms with Gasteiger partial charge in [0.05, 0.1) is 12.6 Å². The second-order valence-electron chi connectivity index (χ2n) is 5.26. The number of aliphatic hydroxyl groups excluding tert-OH is 1. The van der Waals surface area contributed by atoms with Gasteiger partial charge in [0.1, 0.15) is 0 Å². The molecule has 7 heteroatoms. The molecule has 0 aliphatic carbocycles. The second-order valence-corrected chi connectivity index (χ2v) is 6.13. The number of nitrogens with zero attached hydrogens (tertiary/aromatic N) is 2. The molecule has 3 N–H and O–H groups in total. The van der Waals surface area contributed by atoms with Gasteiger partial charge >= 0.3 is 0 Å². The van der Waals surface area contributed by atoms with Gasteiger partial charge in [0.2, 0.25) is 0 Å². The van der Waals surface area contributed by atoms with Gasteiger partial charge in [-0.15, -0.1) is 0 Å². The van der Waals surface area contributed by atoms with Crippen molar-refractivity contribution in [2.45, 2.75) is 20.0 Å². The van der Waals surface area contributed by atoms with Crippen molar-refractivity contribution < 1.29 is 5.11 Å². The van der Waals surface area contributed by atoms with Gasteiger partial charge in [-0.1, -0.05) is 30.1 Å². The summed E-state index contributed by atoms with van der Waals surface area (Å²) in [5.74, 6) is 0.684. The zero-order valence-electron chi connectivity index (χ0n) is 13.9. The lowest BCUT2D eigenvalue weighted by atomic mass is 10.1. The van der Waals surface area contributed by atoms with E-state index >= 15 is 0 Å². The smallest absolute Gasteiger partial charge is 0.191 e. The molecule has 0 radical (unpaired) electrons. The van der Waals surface area contributed by atoms with Crippen molar-refractivity contribution in [1.29, 1.82) is 0 Å². The number of aliphatic hydroxyl groups is 1. The van der Waals surface area contributed by atoms with Crippen LogP contribution in [0.1, 0.15) is 25.5 Å². The van der Waals surface area contributed by atoms with E-state index in [0.29, 0.717) is 21.6 Å². The van der Waals surface area contributed by atoms with Crippen LogP contribution in [0.5, 0.6) is 0 Å². The van der Waals surface area contributed by atoms with Crippen LogP contribution in [0.25, 0.3) is 0 Å². The molecule has 0 bridgehead atoms. The molecule has 0 amide bonds. The topological polar surface area (TPSA) is 59.9 Å². The minimum absolute atomic E-state index is 0.232. The maximum absolute atomic E-state index is 10.3. The highest BCUT2D eigenvalue weighted by Crippen LogP contribution is 2.23. The van der Waals surface area contributed by atoms with Gasteiger partial charge in [0, 0.05) is 29.7 Å². The standard InChI is InChI=1S/C16H26Cl2N4O/c1-4-19-16(20-6-7-22(3)5-2)21-11-15(23)12-8-13(17)10-14(18)9-12/h8-10,15,23H,4-7,11H2,1-3H3,(H2,19,20,21). The molecule has 1 aromatic carbocycles. The number of aliphatic imine (C=N–C) groups is 1. The highest BCUT2D eigenvalue weighted by molar-refractivity contribution is 6.34. The summed E-state index contributed by atoms with van der Waals surface area (Å²) in [5.41, 5.74) is 0.660. The fourth-order valence-corrected chi connectivity index (χ4v) is 2.46. The van der Waals surface area contributed by atoms with E-state index in [1.807, 2.05) is 6.92 Å². The normalized spacial score (nSPS) is 13.3. The van der Waals surface area contributed by atoms with Crippen molar-refractivity contribution in [2.24, 2.45) is 4.99 Å². The van der Waals surface area contributed by atoms with Crippen LogP contribution in [0.2, 0.25) is 10.0 Å². The minimum atomic E-state index is -0.750. The minimum Gasteiger partial charge on any atom is -0.386 e. The zero-order chi connectivity index (χ0) is 17.2. The summed E-state index contributed by atoms with van der Waals surface area (Å²) in [5, 5.41) is 17.7. The highest BCUT2D eigenvalue weighted by Gasteiger charge is 2.09. The average Bonchev–Trinajstić information content (AvgIpc) is 2.51. The van der Waals surface area contributed by atoms with E-state index in [1.165, 1.54) is 0 Å². The number of hydrogen-bond donors (Lipinski definition) is 3. The van der Waals surface area contributed by atoms with E-state index in [-0.39, 0.29) is 6.54 Å². The number of likely N-dealkylation sites (N-methyl/N-ethyl adjacent to an activating group) is 1. The zero-order valence-corrected chi connectivity index (χ0v) is 15.5.